The van der Waals surface area contributed by atoms with Crippen molar-refractivity contribution < 1.29 is 4.79 Å². The van der Waals surface area contributed by atoms with E-state index in [1.807, 2.05) is 20.8 Å². The number of aliphatic imine (C=N–C) groups is 1. The van der Waals surface area contributed by atoms with Crippen LogP contribution in [0.1, 0.15) is 34.1 Å². The molecule has 0 saturated heterocycles. The van der Waals surface area contributed by atoms with Gasteiger partial charge in [0.2, 0.25) is 5.91 Å². The van der Waals surface area contributed by atoms with E-state index in [-0.39, 0.29) is 22.6 Å². The first-order valence-electron chi connectivity index (χ1n) is 5.35. The van der Waals surface area contributed by atoms with Gasteiger partial charge in [-0.15, -0.1) is 0 Å². The maximum Gasteiger partial charge on any atom is 0.233 e. The van der Waals surface area contributed by atoms with Gasteiger partial charge in [0, 0.05) is 5.54 Å². The summed E-state index contributed by atoms with van der Waals surface area (Å²) in [5, 5.41) is 9.88. The molecule has 6 nitrogen and oxygen atoms in total. The number of rotatable bonds is 4. The van der Waals surface area contributed by atoms with E-state index in [0.29, 0.717) is 0 Å². The van der Waals surface area contributed by atoms with E-state index in [4.69, 9.17) is 16.9 Å². The molecule has 0 spiro atoms. The molecule has 0 saturated carbocycles. The monoisotopic (exact) mass is 259 g/mol. The number of hydrogen-bond acceptors (Lipinski definition) is 3. The van der Waals surface area contributed by atoms with Gasteiger partial charge in [-0.3, -0.25) is 10.2 Å². The molecule has 0 rings (SSSR count). The second-order valence-electron chi connectivity index (χ2n) is 4.33. The highest BCUT2D eigenvalue weighted by molar-refractivity contribution is 8.14. The highest BCUT2D eigenvalue weighted by Gasteiger charge is 2.22. The van der Waals surface area contributed by atoms with Crippen LogP contribution in [0.2, 0.25) is 0 Å². The molecular formula is C10H21N5OS. The minimum absolute atomic E-state index is 0.0676. The van der Waals surface area contributed by atoms with Gasteiger partial charge < -0.3 is 16.8 Å². The molecule has 0 aromatic heterocycles. The number of nitrogens with one attached hydrogen (secondary N) is 2. The van der Waals surface area contributed by atoms with Crippen LogP contribution < -0.4 is 16.8 Å². The van der Waals surface area contributed by atoms with Crippen molar-refractivity contribution >= 4 is 28.8 Å². The number of nitrogens with two attached hydrogens (primary N) is 2. The van der Waals surface area contributed by atoms with Crippen molar-refractivity contribution in [2.45, 2.75) is 44.9 Å². The summed E-state index contributed by atoms with van der Waals surface area (Å²) < 4.78 is 0. The number of guanidine groups is 1. The van der Waals surface area contributed by atoms with E-state index in [1.54, 1.807) is 6.92 Å². The Morgan fingerprint density at radius 2 is 2.06 bits per heavy atom. The molecule has 7 heteroatoms. The van der Waals surface area contributed by atoms with Crippen LogP contribution in [0.3, 0.4) is 0 Å². The van der Waals surface area contributed by atoms with Crippen LogP contribution in [0.25, 0.3) is 0 Å². The Hall–Kier alpha value is -1.24. The minimum Gasteiger partial charge on any atom is -0.370 e. The lowest BCUT2D eigenvalue weighted by molar-refractivity contribution is -0.121. The van der Waals surface area contributed by atoms with Crippen LogP contribution in [0.15, 0.2) is 4.99 Å². The zero-order valence-corrected chi connectivity index (χ0v) is 11.5. The first kappa shape index (κ1) is 15.8. The molecular weight excluding hydrogens is 238 g/mol. The highest BCUT2D eigenvalue weighted by atomic mass is 32.2. The standard InChI is InChI=1S/C10H21N5OS/c1-5-10(3,4)15-7(16)6(2)17-9(13)14-8(11)12/h6H,5H2,1-4H3,(H,15,16)(H5,11,12,13,14). The summed E-state index contributed by atoms with van der Waals surface area (Å²) in [7, 11) is 0. The molecule has 0 aromatic carbocycles. The summed E-state index contributed by atoms with van der Waals surface area (Å²) in [5.74, 6) is -0.304. The summed E-state index contributed by atoms with van der Waals surface area (Å²) in [5.41, 5.74) is 10.0. The van der Waals surface area contributed by atoms with Crippen molar-refractivity contribution in [1.29, 1.82) is 5.41 Å². The number of hydrogen-bond donors (Lipinski definition) is 4. The fraction of sp³-hybridized carbons (Fsp3) is 0.700. The summed E-state index contributed by atoms with van der Waals surface area (Å²) >= 11 is 1.01. The lowest BCUT2D eigenvalue weighted by Crippen LogP contribution is -2.46. The molecule has 6 N–H and O–H groups in total. The zero-order valence-electron chi connectivity index (χ0n) is 10.7. The second-order valence-corrected chi connectivity index (χ2v) is 5.66. The number of nitrogens with zero attached hydrogens (tertiary/aromatic N) is 1. The topological polar surface area (TPSA) is 117 Å². The van der Waals surface area contributed by atoms with Crippen LogP contribution in [-0.4, -0.2) is 27.8 Å². The molecule has 0 aliphatic rings. The predicted molar refractivity (Wildman–Crippen MR) is 73.1 cm³/mol. The molecule has 0 aliphatic carbocycles. The van der Waals surface area contributed by atoms with Gasteiger partial charge in [0.15, 0.2) is 11.1 Å². The second kappa shape index (κ2) is 6.48. The molecule has 0 heterocycles. The van der Waals surface area contributed by atoms with Crippen molar-refractivity contribution in [3.8, 4) is 0 Å². The third-order valence-electron chi connectivity index (χ3n) is 2.23. The highest BCUT2D eigenvalue weighted by Crippen LogP contribution is 2.15. The van der Waals surface area contributed by atoms with Crippen LogP contribution in [0, 0.1) is 5.41 Å². The fourth-order valence-corrected chi connectivity index (χ4v) is 1.55. The van der Waals surface area contributed by atoms with Gasteiger partial charge in [-0.2, -0.15) is 4.99 Å². The molecule has 0 aromatic rings. The normalized spacial score (nSPS) is 12.7. The summed E-state index contributed by atoms with van der Waals surface area (Å²) in [6.45, 7) is 7.61. The third-order valence-corrected chi connectivity index (χ3v) is 3.12. The Bertz CT molecular complexity index is 323. The van der Waals surface area contributed by atoms with Gasteiger partial charge in [0.25, 0.3) is 0 Å². The van der Waals surface area contributed by atoms with Crippen molar-refractivity contribution in [2.75, 3.05) is 0 Å². The number of carbonyl (C=O) groups excluding carboxylic acids is 1. The number of thioether (sulfide) groups is 1. The Kier molecular flexibility index (Phi) is 6.01. The first-order chi connectivity index (χ1) is 7.68. The van der Waals surface area contributed by atoms with Gasteiger partial charge in [-0.25, -0.2) is 0 Å². The average molecular weight is 259 g/mol. The number of amidine groups is 1. The first-order valence-corrected chi connectivity index (χ1v) is 6.22. The van der Waals surface area contributed by atoms with E-state index in [1.165, 1.54) is 0 Å². The van der Waals surface area contributed by atoms with Crippen LogP contribution in [0.4, 0.5) is 0 Å². The number of carbonyl (C=O) groups is 1. The molecule has 0 bridgehead atoms. The SMILES string of the molecule is CCC(C)(C)NC(=O)C(C)SC(=N)N=C(N)N. The fourth-order valence-electron chi connectivity index (χ4n) is 0.888. The minimum atomic E-state index is -0.406. The van der Waals surface area contributed by atoms with Crippen LogP contribution in [0.5, 0.6) is 0 Å². The average Bonchev–Trinajstić information content (AvgIpc) is 2.15. The smallest absolute Gasteiger partial charge is 0.233 e. The Morgan fingerprint density at radius 3 is 2.47 bits per heavy atom. The Labute approximate surface area is 106 Å². The van der Waals surface area contributed by atoms with E-state index in [0.717, 1.165) is 18.2 Å². The molecule has 1 amide bonds. The van der Waals surface area contributed by atoms with Gasteiger partial charge in [0.05, 0.1) is 5.25 Å². The summed E-state index contributed by atoms with van der Waals surface area (Å²) in [4.78, 5) is 15.4. The van der Waals surface area contributed by atoms with E-state index >= 15 is 0 Å². The Balaban J connectivity index is 4.34. The molecule has 0 fully saturated rings. The van der Waals surface area contributed by atoms with Crippen molar-refractivity contribution in [3.05, 3.63) is 0 Å². The largest absolute Gasteiger partial charge is 0.370 e. The van der Waals surface area contributed by atoms with Gasteiger partial charge in [-0.1, -0.05) is 18.7 Å². The molecule has 17 heavy (non-hydrogen) atoms. The molecule has 0 aliphatic heterocycles. The predicted octanol–water partition coefficient (Wildman–Crippen LogP) is 0.621. The van der Waals surface area contributed by atoms with Crippen molar-refractivity contribution in [3.63, 3.8) is 0 Å². The van der Waals surface area contributed by atoms with E-state index in [2.05, 4.69) is 10.3 Å². The molecule has 1 unspecified atom stereocenters. The molecule has 1 atom stereocenters. The van der Waals surface area contributed by atoms with Crippen LogP contribution in [-0.2, 0) is 4.79 Å². The number of amides is 1. The van der Waals surface area contributed by atoms with Crippen molar-refractivity contribution in [2.24, 2.45) is 16.5 Å². The van der Waals surface area contributed by atoms with E-state index < -0.39 is 5.25 Å². The maximum absolute atomic E-state index is 11.8. The third kappa shape index (κ3) is 6.83. The van der Waals surface area contributed by atoms with Gasteiger partial charge in [0.1, 0.15) is 0 Å². The van der Waals surface area contributed by atoms with Gasteiger partial charge in [-0.05, 0) is 27.2 Å². The van der Waals surface area contributed by atoms with Crippen molar-refractivity contribution in [1.82, 2.24) is 5.32 Å². The van der Waals surface area contributed by atoms with E-state index in [9.17, 15) is 4.79 Å². The molecule has 0 radical (unpaired) electrons. The van der Waals surface area contributed by atoms with Crippen LogP contribution >= 0.6 is 11.8 Å². The maximum atomic E-state index is 11.8. The Morgan fingerprint density at radius 1 is 1.53 bits per heavy atom. The van der Waals surface area contributed by atoms with Gasteiger partial charge >= 0.3 is 0 Å². The quantitative estimate of drug-likeness (QED) is 0.437. The molecule has 98 valence electrons. The zero-order chi connectivity index (χ0) is 13.6. The summed E-state index contributed by atoms with van der Waals surface area (Å²) in [6, 6.07) is 0. The lowest BCUT2D eigenvalue weighted by Gasteiger charge is -2.26. The summed E-state index contributed by atoms with van der Waals surface area (Å²) in [6.07, 6.45) is 0.835. The lowest BCUT2D eigenvalue weighted by atomic mass is 10.0.